The first kappa shape index (κ1) is 10.8. The molecular weight excluding hydrogens is 258 g/mol. The van der Waals surface area contributed by atoms with Crippen molar-refractivity contribution in [2.24, 2.45) is 0 Å². The molecule has 2 aromatic heterocycles. The van der Waals surface area contributed by atoms with Crippen LogP contribution in [0.15, 0.2) is 30.0 Å². The summed E-state index contributed by atoms with van der Waals surface area (Å²) in [6, 6.07) is 4.19. The maximum absolute atomic E-state index is 6.26. The van der Waals surface area contributed by atoms with Crippen LogP contribution in [0.5, 0.6) is 0 Å². The highest BCUT2D eigenvalue weighted by Crippen LogP contribution is 2.33. The Bertz CT molecular complexity index is 744. The van der Waals surface area contributed by atoms with E-state index in [1.54, 1.807) is 11.3 Å². The third-order valence-electron chi connectivity index (χ3n) is 3.60. The third-order valence-corrected chi connectivity index (χ3v) is 4.40. The topological polar surface area (TPSA) is 60.0 Å². The molecule has 19 heavy (non-hydrogen) atoms. The zero-order chi connectivity index (χ0) is 12.8. The van der Waals surface area contributed by atoms with Crippen LogP contribution < -0.4 is 10.6 Å². The Morgan fingerprint density at radius 2 is 2.16 bits per heavy atom. The van der Waals surface area contributed by atoms with E-state index in [0.717, 1.165) is 47.1 Å². The van der Waals surface area contributed by atoms with Gasteiger partial charge < -0.3 is 15.2 Å². The number of anilines is 2. The van der Waals surface area contributed by atoms with Crippen molar-refractivity contribution in [3.63, 3.8) is 0 Å². The molecule has 1 aliphatic rings. The second-order valence-electron chi connectivity index (χ2n) is 4.66. The lowest BCUT2D eigenvalue weighted by Gasteiger charge is -2.30. The lowest BCUT2D eigenvalue weighted by molar-refractivity contribution is 0.560. The zero-order valence-corrected chi connectivity index (χ0v) is 11.1. The molecule has 0 radical (unpaired) electrons. The molecular formula is C13H13N5S. The summed E-state index contributed by atoms with van der Waals surface area (Å²) in [7, 11) is 0. The minimum Gasteiger partial charge on any atom is -0.395 e. The number of thiazole rings is 1. The number of nitrogen functional groups attached to an aromatic ring is 1. The largest absolute Gasteiger partial charge is 0.395 e. The molecule has 0 atom stereocenters. The highest BCUT2D eigenvalue weighted by molar-refractivity contribution is 7.16. The van der Waals surface area contributed by atoms with Gasteiger partial charge in [-0.15, -0.1) is 11.3 Å². The lowest BCUT2D eigenvalue weighted by atomic mass is 10.2. The van der Waals surface area contributed by atoms with E-state index < -0.39 is 0 Å². The Balaban J connectivity index is 1.77. The SMILES string of the molecule is Nc1c(N2CCn3ccnc3C2)ccc2scnc12. The van der Waals surface area contributed by atoms with Gasteiger partial charge in [0, 0.05) is 25.5 Å². The van der Waals surface area contributed by atoms with Crippen LogP contribution in [-0.4, -0.2) is 21.1 Å². The number of nitrogens with two attached hydrogens (primary N) is 1. The Morgan fingerprint density at radius 3 is 3.11 bits per heavy atom. The normalized spacial score (nSPS) is 14.8. The van der Waals surface area contributed by atoms with Gasteiger partial charge in [-0.05, 0) is 12.1 Å². The van der Waals surface area contributed by atoms with E-state index in [1.165, 1.54) is 0 Å². The van der Waals surface area contributed by atoms with Gasteiger partial charge in [-0.1, -0.05) is 0 Å². The summed E-state index contributed by atoms with van der Waals surface area (Å²) < 4.78 is 3.33. The maximum Gasteiger partial charge on any atom is 0.128 e. The third kappa shape index (κ3) is 1.60. The number of hydrogen-bond donors (Lipinski definition) is 1. The monoisotopic (exact) mass is 271 g/mol. The highest BCUT2D eigenvalue weighted by atomic mass is 32.1. The molecule has 5 nitrogen and oxygen atoms in total. The maximum atomic E-state index is 6.26. The number of fused-ring (bicyclic) bond motifs is 2. The number of hydrogen-bond acceptors (Lipinski definition) is 5. The number of nitrogens with zero attached hydrogens (tertiary/aromatic N) is 4. The van der Waals surface area contributed by atoms with Crippen LogP contribution in [0.3, 0.4) is 0 Å². The standard InChI is InChI=1S/C13H13N5S/c14-12-9(1-2-10-13(12)16-8-19-10)18-6-5-17-4-3-15-11(17)7-18/h1-4,8H,5-7,14H2. The lowest BCUT2D eigenvalue weighted by Crippen LogP contribution is -2.34. The minimum absolute atomic E-state index is 0.777. The Labute approximate surface area is 114 Å². The number of benzene rings is 1. The van der Waals surface area contributed by atoms with Crippen molar-refractivity contribution in [1.29, 1.82) is 0 Å². The van der Waals surface area contributed by atoms with Gasteiger partial charge in [-0.25, -0.2) is 9.97 Å². The Morgan fingerprint density at radius 1 is 1.21 bits per heavy atom. The molecule has 0 amide bonds. The fourth-order valence-electron chi connectivity index (χ4n) is 2.60. The van der Waals surface area contributed by atoms with Gasteiger partial charge in [0.1, 0.15) is 11.3 Å². The van der Waals surface area contributed by atoms with Gasteiger partial charge in [-0.3, -0.25) is 0 Å². The molecule has 0 saturated heterocycles. The van der Waals surface area contributed by atoms with E-state index in [1.807, 2.05) is 17.9 Å². The van der Waals surface area contributed by atoms with Gasteiger partial charge in [0.25, 0.3) is 0 Å². The summed E-state index contributed by atoms with van der Waals surface area (Å²) in [6.07, 6.45) is 3.88. The first-order valence-corrected chi connectivity index (χ1v) is 7.07. The number of imidazole rings is 1. The van der Waals surface area contributed by atoms with E-state index in [9.17, 15) is 0 Å². The summed E-state index contributed by atoms with van der Waals surface area (Å²) in [5.41, 5.74) is 10.9. The smallest absolute Gasteiger partial charge is 0.128 e. The van der Waals surface area contributed by atoms with Crippen molar-refractivity contribution in [3.8, 4) is 0 Å². The Hall–Kier alpha value is -2.08. The molecule has 3 aromatic rings. The van der Waals surface area contributed by atoms with Gasteiger partial charge in [-0.2, -0.15) is 0 Å². The number of rotatable bonds is 1. The second kappa shape index (κ2) is 3.96. The minimum atomic E-state index is 0.777. The molecule has 1 aromatic carbocycles. The van der Waals surface area contributed by atoms with E-state index in [2.05, 4.69) is 31.6 Å². The van der Waals surface area contributed by atoms with Gasteiger partial charge in [0.05, 0.1) is 28.1 Å². The van der Waals surface area contributed by atoms with Crippen LogP contribution in [-0.2, 0) is 13.1 Å². The Kier molecular flexibility index (Phi) is 2.25. The predicted octanol–water partition coefficient (Wildman–Crippen LogP) is 2.10. The summed E-state index contributed by atoms with van der Waals surface area (Å²) in [5, 5.41) is 0. The summed E-state index contributed by atoms with van der Waals surface area (Å²) >= 11 is 1.62. The van der Waals surface area contributed by atoms with Crippen LogP contribution in [0.25, 0.3) is 10.2 Å². The summed E-state index contributed by atoms with van der Waals surface area (Å²) in [5.74, 6) is 1.09. The molecule has 0 unspecified atom stereocenters. The molecule has 4 rings (SSSR count). The van der Waals surface area contributed by atoms with Crippen molar-refractivity contribution >= 4 is 32.9 Å². The molecule has 0 saturated carbocycles. The first-order chi connectivity index (χ1) is 9.33. The van der Waals surface area contributed by atoms with Crippen molar-refractivity contribution in [1.82, 2.24) is 14.5 Å². The van der Waals surface area contributed by atoms with Gasteiger partial charge in [0.15, 0.2) is 0 Å². The van der Waals surface area contributed by atoms with Crippen LogP contribution in [0.4, 0.5) is 11.4 Å². The van der Waals surface area contributed by atoms with E-state index in [-0.39, 0.29) is 0 Å². The first-order valence-electron chi connectivity index (χ1n) is 6.19. The average Bonchev–Trinajstić information content (AvgIpc) is 3.07. The molecule has 0 spiro atoms. The molecule has 1 aliphatic heterocycles. The predicted molar refractivity (Wildman–Crippen MR) is 77.3 cm³/mol. The molecule has 3 heterocycles. The van der Waals surface area contributed by atoms with E-state index in [0.29, 0.717) is 0 Å². The fraction of sp³-hybridized carbons (Fsp3) is 0.231. The molecule has 0 bridgehead atoms. The van der Waals surface area contributed by atoms with Crippen molar-refractivity contribution < 1.29 is 0 Å². The molecule has 2 N–H and O–H groups in total. The van der Waals surface area contributed by atoms with Crippen molar-refractivity contribution in [2.75, 3.05) is 17.2 Å². The van der Waals surface area contributed by atoms with E-state index >= 15 is 0 Å². The summed E-state index contributed by atoms with van der Waals surface area (Å²) in [6.45, 7) is 2.69. The summed E-state index contributed by atoms with van der Waals surface area (Å²) in [4.78, 5) is 11.0. The fourth-order valence-corrected chi connectivity index (χ4v) is 3.29. The van der Waals surface area contributed by atoms with Crippen molar-refractivity contribution in [3.05, 3.63) is 35.9 Å². The number of aromatic nitrogens is 3. The zero-order valence-electron chi connectivity index (χ0n) is 10.3. The van der Waals surface area contributed by atoms with Crippen LogP contribution in [0.2, 0.25) is 0 Å². The van der Waals surface area contributed by atoms with Gasteiger partial charge in [0.2, 0.25) is 0 Å². The van der Waals surface area contributed by atoms with Crippen LogP contribution in [0, 0.1) is 0 Å². The molecule has 0 fully saturated rings. The molecule has 96 valence electrons. The average molecular weight is 271 g/mol. The van der Waals surface area contributed by atoms with Crippen LogP contribution in [0.1, 0.15) is 5.82 Å². The van der Waals surface area contributed by atoms with Crippen molar-refractivity contribution in [2.45, 2.75) is 13.1 Å². The van der Waals surface area contributed by atoms with Gasteiger partial charge >= 0.3 is 0 Å². The molecule has 0 aliphatic carbocycles. The highest BCUT2D eigenvalue weighted by Gasteiger charge is 2.19. The van der Waals surface area contributed by atoms with Crippen LogP contribution >= 0.6 is 11.3 Å². The quantitative estimate of drug-likeness (QED) is 0.689. The van der Waals surface area contributed by atoms with E-state index in [4.69, 9.17) is 5.73 Å². The second-order valence-corrected chi connectivity index (χ2v) is 5.54. The molecule has 6 heteroatoms.